The molecule has 0 fully saturated rings. The molecule has 10 nitrogen and oxygen atoms in total. The first kappa shape index (κ1) is 22.3. The van der Waals surface area contributed by atoms with Crippen LogP contribution in [-0.4, -0.2) is 42.8 Å². The quantitative estimate of drug-likeness (QED) is 0.225. The van der Waals surface area contributed by atoms with Gasteiger partial charge < -0.3 is 15.4 Å². The van der Waals surface area contributed by atoms with Crippen LogP contribution in [0.25, 0.3) is 5.70 Å². The number of hydrogen-bond acceptors (Lipinski definition) is 7. The van der Waals surface area contributed by atoms with Crippen LogP contribution in [0.4, 0.5) is 5.69 Å². The van der Waals surface area contributed by atoms with Crippen molar-refractivity contribution in [1.29, 1.82) is 5.26 Å². The third-order valence-electron chi connectivity index (χ3n) is 4.60. The second kappa shape index (κ2) is 10.1. The van der Waals surface area contributed by atoms with Crippen molar-refractivity contribution in [3.63, 3.8) is 0 Å². The number of nitriles is 1. The number of methoxy groups -OCH3 is 1. The molecule has 0 saturated carbocycles. The molecule has 0 aromatic heterocycles. The highest BCUT2D eigenvalue weighted by atomic mass is 16.6. The van der Waals surface area contributed by atoms with E-state index < -0.39 is 16.7 Å². The molecule has 0 atom stereocenters. The number of carbonyl (C=O) groups excluding carboxylic acids is 2. The molecule has 3 rings (SSSR count). The number of rotatable bonds is 7. The lowest BCUT2D eigenvalue weighted by molar-refractivity contribution is -0.384. The Hall–Kier alpha value is -4.36. The summed E-state index contributed by atoms with van der Waals surface area (Å²) in [6.45, 7) is 0.792. The molecule has 1 heterocycles. The standard InChI is InChI=1S/C22H19N5O5/c1-32-11-5-10-24-22(29)18(13-23)19-16-8-2-3-9-17(16)20(25-19)26-21(28)14-6-4-7-15(12-14)27(30)31/h2-4,6-9,12H,5,10-11H2,1H3,(H,24,29)(H,25,26,28)/b19-18-. The first-order valence-corrected chi connectivity index (χ1v) is 9.62. The zero-order valence-electron chi connectivity index (χ0n) is 17.1. The highest BCUT2D eigenvalue weighted by Gasteiger charge is 2.27. The van der Waals surface area contributed by atoms with E-state index in [9.17, 15) is 25.0 Å². The second-order valence-corrected chi connectivity index (χ2v) is 6.71. The molecule has 0 unspecified atom stereocenters. The van der Waals surface area contributed by atoms with Crippen LogP contribution in [0.1, 0.15) is 27.9 Å². The lowest BCUT2D eigenvalue weighted by Crippen LogP contribution is -2.30. The molecule has 2 aromatic rings. The van der Waals surface area contributed by atoms with E-state index >= 15 is 0 Å². The molecule has 162 valence electrons. The van der Waals surface area contributed by atoms with Crippen molar-refractivity contribution in [2.24, 2.45) is 4.99 Å². The summed E-state index contributed by atoms with van der Waals surface area (Å²) in [5.41, 5.74) is 0.861. The number of non-ortho nitro benzene ring substituents is 1. The van der Waals surface area contributed by atoms with Gasteiger partial charge in [0.05, 0.1) is 10.6 Å². The Morgan fingerprint density at radius 1 is 1.19 bits per heavy atom. The van der Waals surface area contributed by atoms with Gasteiger partial charge in [0.2, 0.25) is 0 Å². The van der Waals surface area contributed by atoms with Gasteiger partial charge in [-0.2, -0.15) is 5.26 Å². The second-order valence-electron chi connectivity index (χ2n) is 6.71. The number of benzene rings is 2. The number of amidine groups is 1. The lowest BCUT2D eigenvalue weighted by Gasteiger charge is -2.06. The number of nitrogens with one attached hydrogen (secondary N) is 2. The van der Waals surface area contributed by atoms with E-state index in [1.54, 1.807) is 31.4 Å². The van der Waals surface area contributed by atoms with Crippen LogP contribution in [0.15, 0.2) is 59.1 Å². The number of hydrogen-bond donors (Lipinski definition) is 2. The molecule has 2 aromatic carbocycles. The maximum atomic E-state index is 12.7. The predicted octanol–water partition coefficient (Wildman–Crippen LogP) is 2.17. The normalized spacial score (nSPS) is 13.4. The highest BCUT2D eigenvalue weighted by Crippen LogP contribution is 2.30. The molecular weight excluding hydrogens is 414 g/mol. The Morgan fingerprint density at radius 2 is 1.94 bits per heavy atom. The summed E-state index contributed by atoms with van der Waals surface area (Å²) in [5, 5.41) is 25.9. The van der Waals surface area contributed by atoms with Crippen molar-refractivity contribution >= 4 is 29.0 Å². The minimum Gasteiger partial charge on any atom is -0.385 e. The number of nitrogens with zero attached hydrogens (tertiary/aromatic N) is 3. The van der Waals surface area contributed by atoms with Crippen molar-refractivity contribution in [2.45, 2.75) is 6.42 Å². The Morgan fingerprint density at radius 3 is 2.62 bits per heavy atom. The fourth-order valence-electron chi connectivity index (χ4n) is 3.07. The van der Waals surface area contributed by atoms with Gasteiger partial charge in [-0.1, -0.05) is 30.3 Å². The number of aliphatic imine (C=N–C) groups is 1. The van der Waals surface area contributed by atoms with Crippen molar-refractivity contribution < 1.29 is 19.2 Å². The molecule has 32 heavy (non-hydrogen) atoms. The summed E-state index contributed by atoms with van der Waals surface area (Å²) in [6, 6.07) is 14.0. The highest BCUT2D eigenvalue weighted by molar-refractivity contribution is 6.20. The molecule has 2 amide bonds. The zero-order chi connectivity index (χ0) is 23.1. The van der Waals surface area contributed by atoms with E-state index in [1.165, 1.54) is 18.2 Å². The summed E-state index contributed by atoms with van der Waals surface area (Å²) < 4.78 is 4.94. The van der Waals surface area contributed by atoms with Crippen LogP contribution in [-0.2, 0) is 9.53 Å². The molecular formula is C22H19N5O5. The van der Waals surface area contributed by atoms with E-state index in [2.05, 4.69) is 15.6 Å². The Labute approximate surface area is 183 Å². The van der Waals surface area contributed by atoms with Crippen molar-refractivity contribution in [1.82, 2.24) is 10.6 Å². The fraction of sp³-hybridized carbons (Fsp3) is 0.182. The predicted molar refractivity (Wildman–Crippen MR) is 116 cm³/mol. The number of nitro benzene ring substituents is 1. The van der Waals surface area contributed by atoms with Gasteiger partial charge in [0.25, 0.3) is 17.5 Å². The Bertz CT molecular complexity index is 1180. The number of fused-ring (bicyclic) bond motifs is 1. The number of ether oxygens (including phenoxy) is 1. The molecule has 0 bridgehead atoms. The number of amides is 2. The summed E-state index contributed by atoms with van der Waals surface area (Å²) >= 11 is 0. The van der Waals surface area contributed by atoms with Gasteiger partial charge in [-0.05, 0) is 12.5 Å². The topological polar surface area (TPSA) is 147 Å². The van der Waals surface area contributed by atoms with Crippen molar-refractivity contribution in [3.8, 4) is 6.07 Å². The molecule has 10 heteroatoms. The lowest BCUT2D eigenvalue weighted by atomic mass is 10.0. The fourth-order valence-corrected chi connectivity index (χ4v) is 3.07. The summed E-state index contributed by atoms with van der Waals surface area (Å²) in [4.78, 5) is 39.9. The monoisotopic (exact) mass is 433 g/mol. The van der Waals surface area contributed by atoms with Gasteiger partial charge in [0.1, 0.15) is 17.5 Å². The van der Waals surface area contributed by atoms with Crippen LogP contribution >= 0.6 is 0 Å². The van der Waals surface area contributed by atoms with Gasteiger partial charge in [-0.15, -0.1) is 0 Å². The van der Waals surface area contributed by atoms with E-state index in [0.717, 1.165) is 6.07 Å². The van der Waals surface area contributed by atoms with Crippen LogP contribution in [0.3, 0.4) is 0 Å². The average molecular weight is 433 g/mol. The van der Waals surface area contributed by atoms with Gasteiger partial charge in [0, 0.05) is 49.1 Å². The van der Waals surface area contributed by atoms with Crippen LogP contribution in [0.2, 0.25) is 0 Å². The average Bonchev–Trinajstić information content (AvgIpc) is 3.15. The Kier molecular flexibility index (Phi) is 7.05. The van der Waals surface area contributed by atoms with Crippen molar-refractivity contribution in [2.75, 3.05) is 20.3 Å². The first-order valence-electron chi connectivity index (χ1n) is 9.62. The molecule has 0 radical (unpaired) electrons. The molecule has 0 aliphatic carbocycles. The first-order chi connectivity index (χ1) is 15.5. The molecule has 1 aliphatic heterocycles. The van der Waals surface area contributed by atoms with Gasteiger partial charge >= 0.3 is 0 Å². The van der Waals surface area contributed by atoms with E-state index in [1.807, 2.05) is 6.07 Å². The van der Waals surface area contributed by atoms with Crippen LogP contribution in [0.5, 0.6) is 0 Å². The van der Waals surface area contributed by atoms with Gasteiger partial charge in [0.15, 0.2) is 0 Å². The molecule has 0 saturated heterocycles. The Balaban J connectivity index is 1.91. The molecule has 1 aliphatic rings. The summed E-state index contributed by atoms with van der Waals surface area (Å²) in [6.07, 6.45) is 0.584. The molecule has 0 spiro atoms. The number of carbonyl (C=O) groups is 2. The van der Waals surface area contributed by atoms with Gasteiger partial charge in [-0.3, -0.25) is 19.7 Å². The minimum atomic E-state index is -0.606. The SMILES string of the molecule is COCCCNC(=O)/C(C#N)=C1\N=C(NC(=O)c2cccc([N+](=O)[O-])c2)c2ccccc21. The van der Waals surface area contributed by atoms with E-state index in [-0.39, 0.29) is 28.4 Å². The third-order valence-corrected chi connectivity index (χ3v) is 4.60. The smallest absolute Gasteiger partial charge is 0.270 e. The largest absolute Gasteiger partial charge is 0.385 e. The minimum absolute atomic E-state index is 0.0770. The number of nitro groups is 1. The van der Waals surface area contributed by atoms with Crippen LogP contribution < -0.4 is 10.6 Å². The summed E-state index contributed by atoms with van der Waals surface area (Å²) in [7, 11) is 1.55. The summed E-state index contributed by atoms with van der Waals surface area (Å²) in [5.74, 6) is -1.04. The van der Waals surface area contributed by atoms with E-state index in [4.69, 9.17) is 4.74 Å². The van der Waals surface area contributed by atoms with Crippen molar-refractivity contribution in [3.05, 3.63) is 80.9 Å². The van der Waals surface area contributed by atoms with E-state index in [0.29, 0.717) is 30.7 Å². The maximum absolute atomic E-state index is 12.7. The molecule has 2 N–H and O–H groups in total. The third kappa shape index (κ3) is 4.85. The van der Waals surface area contributed by atoms with Gasteiger partial charge in [-0.25, -0.2) is 4.99 Å². The van der Waals surface area contributed by atoms with Crippen LogP contribution in [0, 0.1) is 21.4 Å². The maximum Gasteiger partial charge on any atom is 0.270 e. The zero-order valence-corrected chi connectivity index (χ0v) is 17.1.